The number of allylic oxidation sites excluding steroid dienone is 1. The van der Waals surface area contributed by atoms with E-state index in [-0.39, 0.29) is 105 Å². The Labute approximate surface area is 585 Å². The minimum absolute atomic E-state index is 0.000372. The first-order valence-electron chi connectivity index (χ1n) is 32.6. The quantitative estimate of drug-likeness (QED) is 0.00167. The molecule has 6 aromatic rings. The van der Waals surface area contributed by atoms with Gasteiger partial charge in [-0.2, -0.15) is 32.2 Å². The Morgan fingerprint density at radius 1 is 0.710 bits per heavy atom. The minimum atomic E-state index is -5.18. The molecule has 32 heteroatoms. The number of ketones is 1. The molecule has 540 valence electrons. The fraction of sp³-hybridized carbons (Fsp3) is 0.441. The van der Waals surface area contributed by atoms with Crippen LogP contribution in [0.25, 0.3) is 10.8 Å². The van der Waals surface area contributed by atoms with Crippen molar-refractivity contribution in [3.05, 3.63) is 116 Å². The number of esters is 1. The third-order valence-electron chi connectivity index (χ3n) is 17.1. The Morgan fingerprint density at radius 3 is 2.02 bits per heavy atom. The second-order valence-corrected chi connectivity index (χ2v) is 28.3. The molecular weight excluding hydrogens is 1360 g/mol. The van der Waals surface area contributed by atoms with E-state index in [2.05, 4.69) is 72.1 Å². The summed E-state index contributed by atoms with van der Waals surface area (Å²) in [5.74, 6) is -0.954. The molecule has 100 heavy (non-hydrogen) atoms. The molecular formula is C68H87N11O18S3. The van der Waals surface area contributed by atoms with Crippen LogP contribution < -0.4 is 36.9 Å². The highest BCUT2D eigenvalue weighted by molar-refractivity contribution is 7.94. The molecule has 2 heterocycles. The highest BCUT2D eigenvalue weighted by Crippen LogP contribution is 2.51. The Hall–Kier alpha value is -7.77. The van der Waals surface area contributed by atoms with Crippen molar-refractivity contribution >= 4 is 112 Å². The van der Waals surface area contributed by atoms with Gasteiger partial charge in [0, 0.05) is 55.9 Å². The van der Waals surface area contributed by atoms with E-state index in [1.807, 2.05) is 33.8 Å². The molecule has 0 aromatic heterocycles. The van der Waals surface area contributed by atoms with Gasteiger partial charge >= 0.3 is 5.97 Å². The number of carbonyl (C=O) groups excluding carboxylic acids is 2. The van der Waals surface area contributed by atoms with Gasteiger partial charge in [0.2, 0.25) is 0 Å². The predicted octanol–water partition coefficient (Wildman–Crippen LogP) is 14.3. The van der Waals surface area contributed by atoms with Crippen molar-refractivity contribution in [3.8, 4) is 11.5 Å². The third-order valence-corrected chi connectivity index (χ3v) is 19.5. The molecule has 29 nitrogen and oxygen atoms in total. The van der Waals surface area contributed by atoms with Gasteiger partial charge in [0.15, 0.2) is 11.5 Å². The summed E-state index contributed by atoms with van der Waals surface area (Å²) in [5.41, 5.74) is 11.2. The van der Waals surface area contributed by atoms with E-state index < -0.39 is 83.4 Å². The fourth-order valence-corrected chi connectivity index (χ4v) is 14.4. The minimum Gasteiger partial charge on any atom is -0.483 e. The van der Waals surface area contributed by atoms with E-state index in [0.717, 1.165) is 44.2 Å². The number of nitrogens with one attached hydrogen (secondary N) is 3. The number of nitrogen functional groups attached to an aromatic ring is 2. The van der Waals surface area contributed by atoms with Crippen molar-refractivity contribution in [1.82, 2.24) is 10.6 Å². The van der Waals surface area contributed by atoms with Crippen LogP contribution >= 0.6 is 12.0 Å². The van der Waals surface area contributed by atoms with E-state index in [1.54, 1.807) is 48.5 Å². The highest BCUT2D eigenvalue weighted by atomic mass is 32.2. The number of hydrogen-bond donors (Lipinski definition) is 9. The van der Waals surface area contributed by atoms with Crippen molar-refractivity contribution < 1.29 is 83.7 Å². The number of azo groups is 3. The number of aliphatic hydroxyl groups is 1. The number of benzene rings is 6. The summed E-state index contributed by atoms with van der Waals surface area (Å²) >= 11 is 0.327. The number of fused-ring (bicyclic) bond motifs is 1. The fourth-order valence-electron chi connectivity index (χ4n) is 12.6. The molecule has 6 atom stereocenters. The summed E-state index contributed by atoms with van der Waals surface area (Å²) in [5, 5.41) is 58.6. The van der Waals surface area contributed by atoms with Gasteiger partial charge < -0.3 is 50.3 Å². The van der Waals surface area contributed by atoms with E-state index >= 15 is 0 Å². The average Bonchev–Trinajstić information content (AvgIpc) is 0.741. The first kappa shape index (κ1) is 78.0. The van der Waals surface area contributed by atoms with Crippen molar-refractivity contribution in [2.24, 2.45) is 42.5 Å². The zero-order valence-electron chi connectivity index (χ0n) is 56.5. The number of piperidine rings is 2. The summed E-state index contributed by atoms with van der Waals surface area (Å²) in [6.07, 6.45) is 8.40. The van der Waals surface area contributed by atoms with Crippen LogP contribution in [0.15, 0.2) is 161 Å². The van der Waals surface area contributed by atoms with Crippen LogP contribution in [0.5, 0.6) is 11.5 Å². The zero-order chi connectivity index (χ0) is 72.3. The normalized spacial score (nSPS) is 21.3. The molecule has 0 bridgehead atoms. The Kier molecular flexibility index (Phi) is 27.5. The van der Waals surface area contributed by atoms with Crippen molar-refractivity contribution in [2.45, 2.75) is 143 Å². The Morgan fingerprint density at radius 2 is 1.36 bits per heavy atom. The second-order valence-electron chi connectivity index (χ2n) is 24.8. The standard InChI is InChI=1S/C68H87N11O18S3/c1-8-44-38-65(6,78-67(9-2,40-44)93-11-4)27-31-90-30-26-59(82)95-52-22-24-54(53(69)37-52)75-73-49-20-16-19-48(35-49)71-55-23-21-50(36-57(55)99(84,85)86)74-76-62-56(98-97-96-83)33-46-34-58(100(87,88)89)63(77-72-47-17-14-13-15-18-47)64(60(46)61(62)70)92-43-51(81)42-91-32-28-66(7)39-45(25-29-80)41-68(10-3,79-66)94-12-5/h8,13-24,33-37,44-45,71,78-80,83H,1,9-12,25-32,38-43,69-70H2,2-7H3,(H,84,85,86)(H,87,88,89). The summed E-state index contributed by atoms with van der Waals surface area (Å²) in [7, 11) is -10.2. The monoisotopic (exact) mass is 1440 g/mol. The summed E-state index contributed by atoms with van der Waals surface area (Å²) in [6, 6.07) is 24.8. The third kappa shape index (κ3) is 21.2. The van der Waals surface area contributed by atoms with Crippen molar-refractivity contribution in [2.75, 3.05) is 69.6 Å². The van der Waals surface area contributed by atoms with Gasteiger partial charge in [-0.15, -0.1) is 26.3 Å². The lowest BCUT2D eigenvalue weighted by Gasteiger charge is -2.50. The van der Waals surface area contributed by atoms with Crippen LogP contribution in [0.2, 0.25) is 0 Å². The average molecular weight is 1440 g/mol. The van der Waals surface area contributed by atoms with Gasteiger partial charge in [-0.25, -0.2) is 5.26 Å². The molecule has 0 spiro atoms. The number of rotatable bonds is 37. The van der Waals surface area contributed by atoms with Gasteiger partial charge in [0.25, 0.3) is 20.2 Å². The van der Waals surface area contributed by atoms with Crippen LogP contribution in [0.3, 0.4) is 0 Å². The van der Waals surface area contributed by atoms with Gasteiger partial charge in [-0.1, -0.05) is 49.2 Å². The molecule has 2 aliphatic rings. The SMILES string of the molecule is C=CC1CC(C)(CCOCCC(=O)Oc2ccc(N=Nc3cccc(Nc4ccc(N=Nc5c(SOOO)cc6cc(S(=O)(=O)O)c(N=Nc7ccccc7)c(OCC(=O)COCCC7(C)CC(CCO)CC(CC)(OCC)N7)c6c5N)cc4S(=O)(=O)O)c3)c(N)c2)NC(CC)(OCC)C1. The molecule has 2 saturated heterocycles. The van der Waals surface area contributed by atoms with E-state index in [0.29, 0.717) is 68.9 Å². The molecule has 2 aliphatic heterocycles. The molecule has 2 fully saturated rings. The Balaban J connectivity index is 0.981. The lowest BCUT2D eigenvalue weighted by atomic mass is 9.75. The van der Waals surface area contributed by atoms with Gasteiger partial charge in [0.05, 0.1) is 69.5 Å². The maximum atomic E-state index is 13.7. The lowest BCUT2D eigenvalue weighted by molar-refractivity contribution is -0.432. The van der Waals surface area contributed by atoms with Crippen LogP contribution in [0, 0.1) is 11.8 Å². The van der Waals surface area contributed by atoms with E-state index in [9.17, 15) is 45.9 Å². The Bertz CT molecular complexity index is 4180. The van der Waals surface area contributed by atoms with Crippen LogP contribution in [-0.4, -0.2) is 123 Å². The molecule has 8 rings (SSSR count). The van der Waals surface area contributed by atoms with Crippen molar-refractivity contribution in [1.29, 1.82) is 0 Å². The number of carbonyl (C=O) groups is 2. The molecule has 0 radical (unpaired) electrons. The van der Waals surface area contributed by atoms with Gasteiger partial charge in [-0.3, -0.25) is 29.3 Å². The van der Waals surface area contributed by atoms with Crippen LogP contribution in [-0.2, 0) is 58.1 Å². The number of nitrogens with zero attached hydrogens (tertiary/aromatic N) is 6. The van der Waals surface area contributed by atoms with Crippen LogP contribution in [0.1, 0.15) is 106 Å². The number of Topliss-reactive ketones (excluding diaryl/α,β-unsaturated/α-hetero) is 1. The number of ether oxygens (including phenoxy) is 6. The topological polar surface area (TPSA) is 419 Å². The number of anilines is 4. The van der Waals surface area contributed by atoms with Crippen molar-refractivity contribution in [3.63, 3.8) is 0 Å². The van der Waals surface area contributed by atoms with Crippen LogP contribution in [0.4, 0.5) is 56.9 Å². The summed E-state index contributed by atoms with van der Waals surface area (Å²) in [6.45, 7) is 16.8. The second kappa shape index (κ2) is 35.2. The molecule has 6 aromatic carbocycles. The number of hydrogen-bond acceptors (Lipinski definition) is 28. The maximum Gasteiger partial charge on any atom is 0.313 e. The maximum absolute atomic E-state index is 13.7. The number of nitrogens with two attached hydrogens (primary N) is 2. The highest BCUT2D eigenvalue weighted by Gasteiger charge is 2.46. The van der Waals surface area contributed by atoms with Gasteiger partial charge in [-0.05, 0) is 176 Å². The first-order chi connectivity index (χ1) is 47.7. The van der Waals surface area contributed by atoms with E-state index in [4.69, 9.17) is 44.2 Å². The van der Waals surface area contributed by atoms with E-state index in [1.165, 1.54) is 42.5 Å². The lowest BCUT2D eigenvalue weighted by Crippen LogP contribution is -2.63. The number of aliphatic hydroxyl groups excluding tert-OH is 1. The zero-order valence-corrected chi connectivity index (χ0v) is 59.0. The molecule has 6 unspecified atom stereocenters. The largest absolute Gasteiger partial charge is 0.483 e. The predicted molar refractivity (Wildman–Crippen MR) is 376 cm³/mol. The first-order valence-corrected chi connectivity index (χ1v) is 36.2. The van der Waals surface area contributed by atoms with Gasteiger partial charge in [0.1, 0.15) is 57.3 Å². The molecule has 0 saturated carbocycles. The summed E-state index contributed by atoms with van der Waals surface area (Å²) in [4.78, 5) is 24.9. The summed E-state index contributed by atoms with van der Waals surface area (Å²) < 4.78 is 114. The smallest absolute Gasteiger partial charge is 0.313 e. The molecule has 0 amide bonds. The molecule has 11 N–H and O–H groups in total. The molecule has 0 aliphatic carbocycles.